The fourth-order valence-corrected chi connectivity index (χ4v) is 4.40. The summed E-state index contributed by atoms with van der Waals surface area (Å²) in [4.78, 5) is 6.60. The van der Waals surface area contributed by atoms with Crippen LogP contribution in [0.2, 0.25) is 0 Å². The molecule has 0 amide bonds. The number of hydrogen-bond acceptors (Lipinski definition) is 6. The largest absolute Gasteiger partial charge is 0.492 e. The van der Waals surface area contributed by atoms with Crippen molar-refractivity contribution in [3.8, 4) is 17.2 Å². The topological polar surface area (TPSA) is 89.5 Å². The van der Waals surface area contributed by atoms with Crippen molar-refractivity contribution in [2.24, 2.45) is 4.99 Å². The van der Waals surface area contributed by atoms with Crippen LogP contribution < -0.4 is 19.5 Å². The van der Waals surface area contributed by atoms with E-state index in [1.165, 1.54) is 0 Å². The molecule has 1 aromatic rings. The first-order valence-electron chi connectivity index (χ1n) is 9.10. The average molecular weight is 525 g/mol. The molecule has 2 aliphatic heterocycles. The van der Waals surface area contributed by atoms with Crippen molar-refractivity contribution < 1.29 is 22.6 Å². The maximum absolute atomic E-state index is 12.2. The van der Waals surface area contributed by atoms with Crippen LogP contribution >= 0.6 is 24.0 Å². The molecule has 1 N–H and O–H groups in total. The lowest BCUT2D eigenvalue weighted by atomic mass is 10.2. The lowest BCUT2D eigenvalue weighted by Crippen LogP contribution is -2.57. The van der Waals surface area contributed by atoms with Crippen molar-refractivity contribution in [3.05, 3.63) is 18.2 Å². The van der Waals surface area contributed by atoms with Crippen molar-refractivity contribution in [3.63, 3.8) is 0 Å². The molecule has 158 valence electrons. The zero-order valence-electron chi connectivity index (χ0n) is 16.4. The Morgan fingerprint density at radius 3 is 2.79 bits per heavy atom. The zero-order valence-corrected chi connectivity index (χ0v) is 19.6. The molecule has 1 aromatic carbocycles. The number of nitrogens with one attached hydrogen (secondary N) is 1. The molecule has 1 saturated heterocycles. The molecular formula is C18H28IN3O5S. The monoisotopic (exact) mass is 525 g/mol. The molecule has 2 aliphatic rings. The van der Waals surface area contributed by atoms with Gasteiger partial charge in [-0.25, -0.2) is 13.4 Å². The van der Waals surface area contributed by atoms with E-state index in [0.717, 1.165) is 11.7 Å². The van der Waals surface area contributed by atoms with Gasteiger partial charge in [-0.05, 0) is 32.9 Å². The van der Waals surface area contributed by atoms with Gasteiger partial charge in [-0.1, -0.05) is 0 Å². The number of rotatable bonds is 5. The second-order valence-electron chi connectivity index (χ2n) is 7.10. The molecule has 0 aromatic heterocycles. The molecule has 8 nitrogen and oxygen atoms in total. The number of nitrogens with zero attached hydrogens (tertiary/aromatic N) is 2. The van der Waals surface area contributed by atoms with Gasteiger partial charge in [-0.15, -0.1) is 24.0 Å². The van der Waals surface area contributed by atoms with Gasteiger partial charge in [0.05, 0.1) is 17.0 Å². The van der Waals surface area contributed by atoms with E-state index in [0.29, 0.717) is 44.3 Å². The van der Waals surface area contributed by atoms with Gasteiger partial charge in [-0.3, -0.25) is 0 Å². The summed E-state index contributed by atoms with van der Waals surface area (Å²) in [6, 6.07) is 5.46. The third-order valence-corrected chi connectivity index (χ3v) is 7.18. The second kappa shape index (κ2) is 9.38. The Bertz CT molecular complexity index is 813. The molecule has 0 saturated carbocycles. The fraction of sp³-hybridized carbons (Fsp3) is 0.611. The van der Waals surface area contributed by atoms with Crippen molar-refractivity contribution in [2.75, 3.05) is 45.3 Å². The number of fused-ring (bicyclic) bond motifs is 1. The van der Waals surface area contributed by atoms with Crippen LogP contribution in [-0.4, -0.2) is 69.4 Å². The molecule has 0 radical (unpaired) electrons. The van der Waals surface area contributed by atoms with Crippen LogP contribution in [-0.2, 0) is 9.84 Å². The zero-order chi connectivity index (χ0) is 19.5. The Hall–Kier alpha value is -1.43. The normalized spacial score (nSPS) is 19.7. The van der Waals surface area contributed by atoms with E-state index >= 15 is 0 Å². The summed E-state index contributed by atoms with van der Waals surface area (Å²) in [5.74, 6) is 2.95. The van der Waals surface area contributed by atoms with Crippen LogP contribution in [0.4, 0.5) is 0 Å². The molecular weight excluding hydrogens is 497 g/mol. The minimum absolute atomic E-state index is 0. The number of sulfone groups is 1. The summed E-state index contributed by atoms with van der Waals surface area (Å²) < 4.78 is 40.0. The Labute approximate surface area is 183 Å². The van der Waals surface area contributed by atoms with Crippen LogP contribution in [0.25, 0.3) is 0 Å². The number of halogens is 1. The smallest absolute Gasteiger partial charge is 0.231 e. The Morgan fingerprint density at radius 2 is 2.07 bits per heavy atom. The van der Waals surface area contributed by atoms with E-state index in [-0.39, 0.29) is 36.5 Å². The molecule has 0 spiro atoms. The van der Waals surface area contributed by atoms with E-state index < -0.39 is 14.6 Å². The molecule has 2 heterocycles. The predicted molar refractivity (Wildman–Crippen MR) is 119 cm³/mol. The third kappa shape index (κ3) is 5.13. The summed E-state index contributed by atoms with van der Waals surface area (Å²) in [5.41, 5.74) is 0. The Morgan fingerprint density at radius 1 is 1.32 bits per heavy atom. The van der Waals surface area contributed by atoms with Crippen molar-refractivity contribution in [2.45, 2.75) is 25.5 Å². The number of ether oxygens (including phenoxy) is 3. The first kappa shape index (κ1) is 22.9. The molecule has 28 heavy (non-hydrogen) atoms. The second-order valence-corrected chi connectivity index (χ2v) is 9.84. The van der Waals surface area contributed by atoms with E-state index in [9.17, 15) is 8.42 Å². The van der Waals surface area contributed by atoms with Gasteiger partial charge in [0.25, 0.3) is 0 Å². The highest BCUT2D eigenvalue weighted by molar-refractivity contribution is 14.0. The van der Waals surface area contributed by atoms with Gasteiger partial charge in [-0.2, -0.15) is 0 Å². The van der Waals surface area contributed by atoms with E-state index in [1.54, 1.807) is 19.9 Å². The van der Waals surface area contributed by atoms with E-state index in [4.69, 9.17) is 14.2 Å². The molecule has 0 atom stereocenters. The molecule has 0 aliphatic carbocycles. The highest BCUT2D eigenvalue weighted by Crippen LogP contribution is 2.35. The number of hydrogen-bond donors (Lipinski definition) is 1. The molecule has 0 unspecified atom stereocenters. The summed E-state index contributed by atoms with van der Waals surface area (Å²) in [6.07, 6.45) is 0. The summed E-state index contributed by atoms with van der Waals surface area (Å²) in [7, 11) is -3.08. The highest BCUT2D eigenvalue weighted by Gasteiger charge is 2.40. The van der Waals surface area contributed by atoms with Gasteiger partial charge in [0.2, 0.25) is 6.79 Å². The molecule has 3 rings (SSSR count). The van der Waals surface area contributed by atoms with E-state index in [2.05, 4.69) is 10.3 Å². The molecule has 0 bridgehead atoms. The minimum Gasteiger partial charge on any atom is -0.492 e. The highest BCUT2D eigenvalue weighted by atomic mass is 127. The number of benzene rings is 1. The predicted octanol–water partition coefficient (Wildman–Crippen LogP) is 1.89. The molecule has 10 heteroatoms. The van der Waals surface area contributed by atoms with Gasteiger partial charge in [0, 0.05) is 25.7 Å². The SMILES string of the molecule is CCNC(=NCCOc1ccc2c(c1)OCO2)N1CCS(=O)(=O)C(C)(C)C1.I. The lowest BCUT2D eigenvalue weighted by Gasteiger charge is -2.39. The summed E-state index contributed by atoms with van der Waals surface area (Å²) >= 11 is 0. The Kier molecular flexibility index (Phi) is 7.66. The maximum Gasteiger partial charge on any atom is 0.231 e. The third-order valence-electron chi connectivity index (χ3n) is 4.64. The quantitative estimate of drug-likeness (QED) is 0.272. The minimum atomic E-state index is -3.08. The van der Waals surface area contributed by atoms with Gasteiger partial charge >= 0.3 is 0 Å². The van der Waals surface area contributed by atoms with Gasteiger partial charge in [0.1, 0.15) is 12.4 Å². The number of guanidine groups is 1. The van der Waals surface area contributed by atoms with Crippen LogP contribution in [0.3, 0.4) is 0 Å². The first-order chi connectivity index (χ1) is 12.8. The van der Waals surface area contributed by atoms with Gasteiger partial charge < -0.3 is 24.4 Å². The van der Waals surface area contributed by atoms with Crippen LogP contribution in [0, 0.1) is 0 Å². The first-order valence-corrected chi connectivity index (χ1v) is 10.8. The van der Waals surface area contributed by atoms with Crippen LogP contribution in [0.1, 0.15) is 20.8 Å². The maximum atomic E-state index is 12.2. The number of aliphatic imine (C=N–C) groups is 1. The standard InChI is InChI=1S/C18H27N3O5S.HI/c1-4-19-17(21-8-10-27(22,23)18(2,3)12-21)20-7-9-24-14-5-6-15-16(11-14)26-13-25-15;/h5-6,11H,4,7-10,12-13H2,1-3H3,(H,19,20);1H. The van der Waals surface area contributed by atoms with Crippen molar-refractivity contribution in [1.82, 2.24) is 10.2 Å². The Balaban J connectivity index is 0.00000280. The lowest BCUT2D eigenvalue weighted by molar-refractivity contribution is 0.173. The van der Waals surface area contributed by atoms with Gasteiger partial charge in [0.15, 0.2) is 27.3 Å². The van der Waals surface area contributed by atoms with Crippen LogP contribution in [0.15, 0.2) is 23.2 Å². The van der Waals surface area contributed by atoms with E-state index in [1.807, 2.05) is 24.0 Å². The molecule has 1 fully saturated rings. The summed E-state index contributed by atoms with van der Waals surface area (Å²) in [6.45, 7) is 8.20. The van der Waals surface area contributed by atoms with Crippen molar-refractivity contribution in [1.29, 1.82) is 0 Å². The van der Waals surface area contributed by atoms with Crippen LogP contribution in [0.5, 0.6) is 17.2 Å². The average Bonchev–Trinajstić information content (AvgIpc) is 3.08. The fourth-order valence-electron chi connectivity index (χ4n) is 3.03. The van der Waals surface area contributed by atoms with Crippen molar-refractivity contribution >= 4 is 39.8 Å². The summed E-state index contributed by atoms with van der Waals surface area (Å²) in [5, 5.41) is 3.24.